The summed E-state index contributed by atoms with van der Waals surface area (Å²) in [4.78, 5) is 12.0. The molecule has 0 spiro atoms. The number of hydrogen-bond donors (Lipinski definition) is 1. The highest BCUT2D eigenvalue weighted by Gasteiger charge is 2.26. The van der Waals surface area contributed by atoms with Gasteiger partial charge in [-0.05, 0) is 36.2 Å². The van der Waals surface area contributed by atoms with E-state index in [0.29, 0.717) is 6.42 Å². The van der Waals surface area contributed by atoms with Crippen LogP contribution in [0.5, 0.6) is 5.75 Å². The van der Waals surface area contributed by atoms with E-state index in [1.54, 1.807) is 0 Å². The number of methoxy groups -OCH3 is 1. The zero-order valence-electron chi connectivity index (χ0n) is 14.8. The van der Waals surface area contributed by atoms with E-state index in [2.05, 4.69) is 4.72 Å². The lowest BCUT2D eigenvalue weighted by Crippen LogP contribution is -2.26. The maximum Gasteiger partial charge on any atom is 0.293 e. The van der Waals surface area contributed by atoms with Crippen molar-refractivity contribution < 1.29 is 18.1 Å². The Balaban J connectivity index is 2.10. The maximum atomic E-state index is 12.4. The van der Waals surface area contributed by atoms with Crippen molar-refractivity contribution in [3.8, 4) is 5.75 Å². The maximum absolute atomic E-state index is 12.4. The van der Waals surface area contributed by atoms with E-state index in [9.17, 15) is 18.5 Å². The number of nitrogens with one attached hydrogen (secondary N) is 1. The first-order chi connectivity index (χ1) is 12.2. The molecule has 0 heterocycles. The molecular weight excluding hydrogens is 358 g/mol. The van der Waals surface area contributed by atoms with Crippen LogP contribution in [-0.4, -0.2) is 41.1 Å². The second-order valence-electron chi connectivity index (χ2n) is 5.80. The Kier molecular flexibility index (Phi) is 6.17. The molecule has 0 saturated carbocycles. The summed E-state index contributed by atoms with van der Waals surface area (Å²) >= 11 is 0. The van der Waals surface area contributed by atoms with E-state index >= 15 is 0 Å². The lowest BCUT2D eigenvalue weighted by Gasteiger charge is -2.13. The third-order valence-electron chi connectivity index (χ3n) is 3.81. The monoisotopic (exact) mass is 379 g/mol. The highest BCUT2D eigenvalue weighted by atomic mass is 32.2. The van der Waals surface area contributed by atoms with Crippen molar-refractivity contribution in [1.29, 1.82) is 0 Å². The van der Waals surface area contributed by atoms with E-state index in [0.717, 1.165) is 17.3 Å². The standard InChI is InChI=1S/C17H21N3O5S/c1-19(2)14-6-4-13(5-7-14)10-11-18-26(23,24)17-9-8-15(25-3)12-16(17)20(21)22/h4-9,12,18H,10-11H2,1-3H3. The smallest absolute Gasteiger partial charge is 0.293 e. The van der Waals surface area contributed by atoms with Crippen LogP contribution in [0.1, 0.15) is 5.56 Å². The van der Waals surface area contributed by atoms with Crippen molar-refractivity contribution in [2.24, 2.45) is 0 Å². The van der Waals surface area contributed by atoms with Crippen molar-refractivity contribution in [2.75, 3.05) is 32.6 Å². The van der Waals surface area contributed by atoms with E-state index < -0.39 is 20.6 Å². The quantitative estimate of drug-likeness (QED) is 0.557. The van der Waals surface area contributed by atoms with Crippen molar-refractivity contribution in [2.45, 2.75) is 11.3 Å². The Bertz CT molecular complexity index is 880. The molecule has 140 valence electrons. The molecule has 0 aliphatic rings. The molecule has 2 aromatic carbocycles. The largest absolute Gasteiger partial charge is 0.497 e. The van der Waals surface area contributed by atoms with Crippen LogP contribution in [0.25, 0.3) is 0 Å². The minimum absolute atomic E-state index is 0.132. The predicted octanol–water partition coefficient (Wildman–Crippen LogP) is 2.19. The number of ether oxygens (including phenoxy) is 1. The topological polar surface area (TPSA) is 102 Å². The Labute approximate surface area is 152 Å². The molecule has 0 unspecified atom stereocenters. The number of anilines is 1. The molecule has 9 heteroatoms. The highest BCUT2D eigenvalue weighted by Crippen LogP contribution is 2.28. The van der Waals surface area contributed by atoms with Crippen LogP contribution in [0.3, 0.4) is 0 Å². The number of sulfonamides is 1. The van der Waals surface area contributed by atoms with E-state index in [1.165, 1.54) is 19.2 Å². The Morgan fingerprint density at radius 3 is 2.35 bits per heavy atom. The van der Waals surface area contributed by atoms with Crippen LogP contribution in [-0.2, 0) is 16.4 Å². The fourth-order valence-corrected chi connectivity index (χ4v) is 3.54. The van der Waals surface area contributed by atoms with Crippen molar-refractivity contribution >= 4 is 21.4 Å². The summed E-state index contributed by atoms with van der Waals surface area (Å²) in [7, 11) is 1.22. The fraction of sp³-hybridized carbons (Fsp3) is 0.294. The van der Waals surface area contributed by atoms with E-state index in [1.807, 2.05) is 43.3 Å². The van der Waals surface area contributed by atoms with Gasteiger partial charge in [0.15, 0.2) is 4.90 Å². The summed E-state index contributed by atoms with van der Waals surface area (Å²) in [6, 6.07) is 11.4. The van der Waals surface area contributed by atoms with Gasteiger partial charge in [-0.15, -0.1) is 0 Å². The summed E-state index contributed by atoms with van der Waals surface area (Å²) in [5.41, 5.74) is 1.48. The van der Waals surface area contributed by atoms with Gasteiger partial charge in [-0.3, -0.25) is 10.1 Å². The molecule has 26 heavy (non-hydrogen) atoms. The fourth-order valence-electron chi connectivity index (χ4n) is 2.36. The van der Waals surface area contributed by atoms with Gasteiger partial charge in [-0.2, -0.15) is 0 Å². The lowest BCUT2D eigenvalue weighted by molar-refractivity contribution is -0.387. The van der Waals surface area contributed by atoms with Gasteiger partial charge >= 0.3 is 0 Å². The molecule has 0 saturated heterocycles. The molecule has 0 aliphatic carbocycles. The number of nitro benzene ring substituents is 1. The van der Waals surface area contributed by atoms with Gasteiger partial charge in [0.1, 0.15) is 5.75 Å². The Morgan fingerprint density at radius 2 is 1.81 bits per heavy atom. The number of nitrogens with zero attached hydrogens (tertiary/aromatic N) is 2. The molecule has 0 aromatic heterocycles. The minimum Gasteiger partial charge on any atom is -0.497 e. The van der Waals surface area contributed by atoms with Crippen LogP contribution >= 0.6 is 0 Å². The van der Waals surface area contributed by atoms with Crippen LogP contribution in [0.4, 0.5) is 11.4 Å². The molecule has 2 aromatic rings. The summed E-state index contributed by atoms with van der Waals surface area (Å²) in [5.74, 6) is 0.219. The number of rotatable bonds is 8. The molecule has 0 atom stereocenters. The molecular formula is C17H21N3O5S. The average molecular weight is 379 g/mol. The first-order valence-electron chi connectivity index (χ1n) is 7.83. The lowest BCUT2D eigenvalue weighted by atomic mass is 10.1. The molecule has 0 aliphatic heterocycles. The normalized spacial score (nSPS) is 11.2. The van der Waals surface area contributed by atoms with Crippen LogP contribution < -0.4 is 14.4 Å². The second-order valence-corrected chi connectivity index (χ2v) is 7.53. The second kappa shape index (κ2) is 8.15. The van der Waals surface area contributed by atoms with Gasteiger partial charge in [0.05, 0.1) is 18.1 Å². The van der Waals surface area contributed by atoms with E-state index in [4.69, 9.17) is 4.74 Å². The van der Waals surface area contributed by atoms with Gasteiger partial charge < -0.3 is 9.64 Å². The van der Waals surface area contributed by atoms with Crippen LogP contribution in [0.15, 0.2) is 47.4 Å². The molecule has 1 N–H and O–H groups in total. The average Bonchev–Trinajstić information content (AvgIpc) is 2.61. The van der Waals surface area contributed by atoms with Crippen molar-refractivity contribution in [3.05, 3.63) is 58.1 Å². The molecule has 0 radical (unpaired) electrons. The molecule has 0 amide bonds. The first kappa shape index (κ1) is 19.7. The summed E-state index contributed by atoms with van der Waals surface area (Å²) in [6.45, 7) is 0.132. The first-order valence-corrected chi connectivity index (χ1v) is 9.31. The zero-order valence-corrected chi connectivity index (χ0v) is 15.6. The summed E-state index contributed by atoms with van der Waals surface area (Å²) in [6.07, 6.45) is 0.469. The molecule has 0 bridgehead atoms. The van der Waals surface area contributed by atoms with Gasteiger partial charge in [0.25, 0.3) is 5.69 Å². The minimum atomic E-state index is -4.01. The third-order valence-corrected chi connectivity index (χ3v) is 5.32. The van der Waals surface area contributed by atoms with Gasteiger partial charge in [-0.1, -0.05) is 12.1 Å². The predicted molar refractivity (Wildman–Crippen MR) is 99.3 cm³/mol. The number of benzene rings is 2. The SMILES string of the molecule is COc1ccc(S(=O)(=O)NCCc2ccc(N(C)C)cc2)c([N+](=O)[O-])c1. The number of nitro groups is 1. The molecule has 8 nitrogen and oxygen atoms in total. The number of hydrogen-bond acceptors (Lipinski definition) is 6. The van der Waals surface area contributed by atoms with Crippen molar-refractivity contribution in [1.82, 2.24) is 4.72 Å². The zero-order chi connectivity index (χ0) is 19.3. The Hall–Kier alpha value is -2.65. The van der Waals surface area contributed by atoms with Crippen LogP contribution in [0, 0.1) is 10.1 Å². The van der Waals surface area contributed by atoms with Crippen LogP contribution in [0.2, 0.25) is 0 Å². The van der Waals surface area contributed by atoms with Gasteiger partial charge in [-0.25, -0.2) is 13.1 Å². The third kappa shape index (κ3) is 4.70. The Morgan fingerprint density at radius 1 is 1.15 bits per heavy atom. The van der Waals surface area contributed by atoms with Gasteiger partial charge in [0.2, 0.25) is 10.0 Å². The summed E-state index contributed by atoms with van der Waals surface area (Å²) in [5, 5.41) is 11.2. The molecule has 0 fully saturated rings. The highest BCUT2D eigenvalue weighted by molar-refractivity contribution is 7.89. The van der Waals surface area contributed by atoms with Gasteiger partial charge in [0, 0.05) is 26.3 Å². The summed E-state index contributed by atoms with van der Waals surface area (Å²) < 4.78 is 32.2. The van der Waals surface area contributed by atoms with E-state index in [-0.39, 0.29) is 17.2 Å². The van der Waals surface area contributed by atoms with Crippen molar-refractivity contribution in [3.63, 3.8) is 0 Å². The molecule has 2 rings (SSSR count).